The molecule has 0 unspecified atom stereocenters. The minimum atomic E-state index is -0.302. The van der Waals surface area contributed by atoms with Gasteiger partial charge in [0.2, 0.25) is 0 Å². The molecule has 1 rings (SSSR count). The van der Waals surface area contributed by atoms with Crippen LogP contribution in [0.25, 0.3) is 0 Å². The molecule has 0 bridgehead atoms. The summed E-state index contributed by atoms with van der Waals surface area (Å²) in [6.07, 6.45) is 5.45. The van der Waals surface area contributed by atoms with Crippen LogP contribution in [0, 0.1) is 12.3 Å². The first-order valence-electron chi connectivity index (χ1n) is 2.77. The topological polar surface area (TPSA) is 80.5 Å². The molecular formula is C5H7N5. The summed E-state index contributed by atoms with van der Waals surface area (Å²) in [5, 5.41) is 13.0. The van der Waals surface area contributed by atoms with E-state index >= 15 is 0 Å². The number of hydrogen-bond donors (Lipinski definition) is 2. The highest BCUT2D eigenvalue weighted by Crippen LogP contribution is 2.03. The molecule has 0 saturated carbocycles. The third-order valence-corrected chi connectivity index (χ3v) is 1.03. The number of aromatic amines is 1. The molecule has 0 aliphatic heterocycles. The quantitative estimate of drug-likeness (QED) is 0.524. The smallest absolute Gasteiger partial charge is 0.192 e. The fourth-order valence-electron chi connectivity index (χ4n) is 0.545. The minimum Gasteiger partial charge on any atom is -0.320 e. The molecular weight excluding hydrogens is 130 g/mol. The zero-order chi connectivity index (χ0) is 7.40. The van der Waals surface area contributed by atoms with Crippen LogP contribution < -0.4 is 5.73 Å². The number of hydrogen-bond acceptors (Lipinski definition) is 4. The Kier molecular flexibility index (Phi) is 1.97. The SMILES string of the molecule is C#CC[C@@H](N)c1nn[nH]n1. The van der Waals surface area contributed by atoms with Crippen molar-refractivity contribution in [2.24, 2.45) is 5.73 Å². The first-order chi connectivity index (χ1) is 4.84. The average Bonchev–Trinajstić information content (AvgIpc) is 2.38. The van der Waals surface area contributed by atoms with Crippen LogP contribution in [0.5, 0.6) is 0 Å². The highest BCUT2D eigenvalue weighted by Gasteiger charge is 2.07. The number of terminal acetylenes is 1. The van der Waals surface area contributed by atoms with Gasteiger partial charge >= 0.3 is 0 Å². The lowest BCUT2D eigenvalue weighted by Gasteiger charge is -1.98. The molecule has 10 heavy (non-hydrogen) atoms. The number of tetrazole rings is 1. The number of nitrogens with one attached hydrogen (secondary N) is 1. The van der Waals surface area contributed by atoms with E-state index in [0.29, 0.717) is 12.2 Å². The van der Waals surface area contributed by atoms with Gasteiger partial charge < -0.3 is 5.73 Å². The fraction of sp³-hybridized carbons (Fsp3) is 0.400. The van der Waals surface area contributed by atoms with Crippen LogP contribution in [-0.4, -0.2) is 20.6 Å². The van der Waals surface area contributed by atoms with Gasteiger partial charge in [0.25, 0.3) is 0 Å². The summed E-state index contributed by atoms with van der Waals surface area (Å²) in [6.45, 7) is 0. The largest absolute Gasteiger partial charge is 0.320 e. The number of aromatic nitrogens is 4. The monoisotopic (exact) mass is 137 g/mol. The second-order valence-electron chi connectivity index (χ2n) is 1.78. The Balaban J connectivity index is 2.61. The Hall–Kier alpha value is -1.41. The van der Waals surface area contributed by atoms with E-state index in [9.17, 15) is 0 Å². The van der Waals surface area contributed by atoms with Gasteiger partial charge in [-0.1, -0.05) is 5.21 Å². The van der Waals surface area contributed by atoms with Crippen LogP contribution in [0.4, 0.5) is 0 Å². The van der Waals surface area contributed by atoms with Gasteiger partial charge in [0, 0.05) is 6.42 Å². The number of nitrogens with two attached hydrogens (primary N) is 1. The van der Waals surface area contributed by atoms with E-state index in [1.807, 2.05) is 0 Å². The molecule has 0 aliphatic rings. The molecule has 5 nitrogen and oxygen atoms in total. The molecule has 0 aromatic carbocycles. The van der Waals surface area contributed by atoms with E-state index in [2.05, 4.69) is 26.5 Å². The van der Waals surface area contributed by atoms with Gasteiger partial charge in [-0.3, -0.25) is 0 Å². The minimum absolute atomic E-state index is 0.302. The second-order valence-corrected chi connectivity index (χ2v) is 1.78. The zero-order valence-electron chi connectivity index (χ0n) is 5.28. The van der Waals surface area contributed by atoms with E-state index in [0.717, 1.165) is 0 Å². The molecule has 1 heterocycles. The van der Waals surface area contributed by atoms with E-state index in [-0.39, 0.29) is 6.04 Å². The van der Waals surface area contributed by atoms with E-state index < -0.39 is 0 Å². The standard InChI is InChI=1S/C5H7N5/c1-2-3-4(6)5-7-9-10-8-5/h1,4H,3,6H2,(H,7,8,9,10)/t4-/m1/s1. The predicted octanol–water partition coefficient (Wildman–Crippen LogP) is -0.777. The molecule has 1 atom stereocenters. The maximum atomic E-state index is 5.52. The molecule has 0 fully saturated rings. The molecule has 0 aliphatic carbocycles. The summed E-state index contributed by atoms with van der Waals surface area (Å²) in [6, 6.07) is -0.302. The lowest BCUT2D eigenvalue weighted by atomic mass is 10.2. The molecule has 1 aromatic rings. The highest BCUT2D eigenvalue weighted by atomic mass is 15.5. The number of nitrogens with zero attached hydrogens (tertiary/aromatic N) is 3. The maximum Gasteiger partial charge on any atom is 0.192 e. The van der Waals surface area contributed by atoms with Crippen molar-refractivity contribution < 1.29 is 0 Å². The number of rotatable bonds is 2. The van der Waals surface area contributed by atoms with Crippen molar-refractivity contribution in [2.75, 3.05) is 0 Å². The maximum absolute atomic E-state index is 5.52. The molecule has 1 aromatic heterocycles. The zero-order valence-corrected chi connectivity index (χ0v) is 5.28. The van der Waals surface area contributed by atoms with Crippen LogP contribution in [0.2, 0.25) is 0 Å². The normalized spacial score (nSPS) is 12.4. The third-order valence-electron chi connectivity index (χ3n) is 1.03. The third kappa shape index (κ3) is 1.30. The lowest BCUT2D eigenvalue weighted by molar-refractivity contribution is 0.694. The van der Waals surface area contributed by atoms with Crippen LogP contribution >= 0.6 is 0 Å². The Morgan fingerprint density at radius 1 is 1.80 bits per heavy atom. The Morgan fingerprint density at radius 2 is 2.60 bits per heavy atom. The summed E-state index contributed by atoms with van der Waals surface area (Å²) in [4.78, 5) is 0. The molecule has 0 radical (unpaired) electrons. The van der Waals surface area contributed by atoms with Gasteiger partial charge in [-0.25, -0.2) is 0 Å². The summed E-state index contributed by atoms with van der Waals surface area (Å²) in [5.74, 6) is 2.87. The fourth-order valence-corrected chi connectivity index (χ4v) is 0.545. The molecule has 3 N–H and O–H groups in total. The predicted molar refractivity (Wildman–Crippen MR) is 34.6 cm³/mol. The molecule has 0 amide bonds. The Labute approximate surface area is 58.0 Å². The van der Waals surface area contributed by atoms with Crippen LogP contribution in [0.1, 0.15) is 18.3 Å². The first-order valence-corrected chi connectivity index (χ1v) is 2.77. The van der Waals surface area contributed by atoms with Crippen molar-refractivity contribution in [1.29, 1.82) is 0 Å². The molecule has 0 saturated heterocycles. The summed E-state index contributed by atoms with van der Waals surface area (Å²) >= 11 is 0. The lowest BCUT2D eigenvalue weighted by Crippen LogP contribution is -2.11. The first kappa shape index (κ1) is 6.71. The molecule has 5 heteroatoms. The van der Waals surface area contributed by atoms with Gasteiger partial charge in [-0.15, -0.1) is 22.5 Å². The van der Waals surface area contributed by atoms with E-state index in [4.69, 9.17) is 12.2 Å². The van der Waals surface area contributed by atoms with Crippen LogP contribution in [0.15, 0.2) is 0 Å². The van der Waals surface area contributed by atoms with Crippen LogP contribution in [-0.2, 0) is 0 Å². The van der Waals surface area contributed by atoms with Gasteiger partial charge in [-0.2, -0.15) is 5.21 Å². The van der Waals surface area contributed by atoms with E-state index in [1.165, 1.54) is 0 Å². The summed E-state index contributed by atoms with van der Waals surface area (Å²) < 4.78 is 0. The van der Waals surface area contributed by atoms with Gasteiger partial charge in [0.15, 0.2) is 5.82 Å². The van der Waals surface area contributed by atoms with Crippen LogP contribution in [0.3, 0.4) is 0 Å². The van der Waals surface area contributed by atoms with Crippen molar-refractivity contribution in [3.63, 3.8) is 0 Å². The number of H-pyrrole nitrogens is 1. The summed E-state index contributed by atoms with van der Waals surface area (Å²) in [7, 11) is 0. The van der Waals surface area contributed by atoms with Gasteiger partial charge in [0.1, 0.15) is 0 Å². The Morgan fingerprint density at radius 3 is 3.10 bits per heavy atom. The summed E-state index contributed by atoms with van der Waals surface area (Å²) in [5.41, 5.74) is 5.52. The van der Waals surface area contributed by atoms with E-state index in [1.54, 1.807) is 0 Å². The van der Waals surface area contributed by atoms with Gasteiger partial charge in [-0.05, 0) is 0 Å². The highest BCUT2D eigenvalue weighted by molar-refractivity contribution is 4.96. The van der Waals surface area contributed by atoms with Crippen molar-refractivity contribution in [3.05, 3.63) is 5.82 Å². The van der Waals surface area contributed by atoms with Gasteiger partial charge in [0.05, 0.1) is 6.04 Å². The second kappa shape index (κ2) is 2.94. The van der Waals surface area contributed by atoms with Crippen molar-refractivity contribution in [3.8, 4) is 12.3 Å². The van der Waals surface area contributed by atoms with Crippen molar-refractivity contribution >= 4 is 0 Å². The Bertz CT molecular complexity index is 221. The average molecular weight is 137 g/mol. The van der Waals surface area contributed by atoms with Crippen molar-refractivity contribution in [1.82, 2.24) is 20.6 Å². The van der Waals surface area contributed by atoms with Crippen molar-refractivity contribution in [2.45, 2.75) is 12.5 Å². The molecule has 0 spiro atoms. The molecule has 52 valence electrons.